The monoisotopic (exact) mass is 408 g/mol. The highest BCUT2D eigenvalue weighted by Crippen LogP contribution is 2.30. The lowest BCUT2D eigenvalue weighted by Crippen LogP contribution is -2.23. The number of carbonyl (C=O) groups is 1. The lowest BCUT2D eigenvalue weighted by Gasteiger charge is -2.17. The fourth-order valence-corrected chi connectivity index (χ4v) is 4.00. The van der Waals surface area contributed by atoms with Crippen LogP contribution in [0.1, 0.15) is 44.2 Å². The zero-order valence-corrected chi connectivity index (χ0v) is 18.5. The number of benzene rings is 2. The molecule has 0 saturated heterocycles. The fourth-order valence-electron chi connectivity index (χ4n) is 3.18. The summed E-state index contributed by atoms with van der Waals surface area (Å²) in [6, 6.07) is 16.1. The van der Waals surface area contributed by atoms with Crippen molar-refractivity contribution in [3.8, 4) is 11.4 Å². The number of anilines is 1. The van der Waals surface area contributed by atoms with Crippen LogP contribution in [-0.2, 0) is 11.8 Å². The number of nitrogens with one attached hydrogen (secondary N) is 1. The van der Waals surface area contributed by atoms with Crippen LogP contribution < -0.4 is 5.32 Å². The number of nitrogens with zero attached hydrogens (tertiary/aromatic N) is 3. The minimum atomic E-state index is -0.299. The van der Waals surface area contributed by atoms with Gasteiger partial charge in [0, 0.05) is 18.3 Å². The number of amides is 1. The molecule has 29 heavy (non-hydrogen) atoms. The van der Waals surface area contributed by atoms with Gasteiger partial charge in [-0.15, -0.1) is 10.2 Å². The molecule has 0 aliphatic heterocycles. The highest BCUT2D eigenvalue weighted by Gasteiger charge is 2.21. The molecular formula is C23H28N4OS. The van der Waals surface area contributed by atoms with Crippen molar-refractivity contribution in [2.75, 3.05) is 5.32 Å². The molecule has 152 valence electrons. The molecule has 0 spiro atoms. The number of hydrogen-bond donors (Lipinski definition) is 1. The molecule has 1 heterocycles. The van der Waals surface area contributed by atoms with Crippen LogP contribution in [0.2, 0.25) is 0 Å². The number of aromatic nitrogens is 3. The largest absolute Gasteiger partial charge is 0.325 e. The van der Waals surface area contributed by atoms with E-state index in [9.17, 15) is 4.79 Å². The van der Waals surface area contributed by atoms with Crippen molar-refractivity contribution in [2.45, 2.75) is 50.4 Å². The standard InChI is InChI=1S/C23H28N4OS/c1-6-15(2)18-12-9-10-14-20(18)24-22(28)17(4)29-23-26-25-21(27(23)5)19-13-8-7-11-16(19)3/h7-15,17H,6H2,1-5H3,(H,24,28). The lowest BCUT2D eigenvalue weighted by molar-refractivity contribution is -0.115. The van der Waals surface area contributed by atoms with E-state index in [1.807, 2.05) is 54.9 Å². The highest BCUT2D eigenvalue weighted by atomic mass is 32.2. The summed E-state index contributed by atoms with van der Waals surface area (Å²) in [5.41, 5.74) is 4.25. The van der Waals surface area contributed by atoms with Crippen LogP contribution in [0.5, 0.6) is 0 Å². The molecule has 0 aliphatic carbocycles. The second-order valence-electron chi connectivity index (χ2n) is 7.33. The van der Waals surface area contributed by atoms with Gasteiger partial charge in [0.25, 0.3) is 0 Å². The summed E-state index contributed by atoms with van der Waals surface area (Å²) in [4.78, 5) is 12.8. The molecule has 5 nitrogen and oxygen atoms in total. The molecule has 6 heteroatoms. The second-order valence-corrected chi connectivity index (χ2v) is 8.63. The van der Waals surface area contributed by atoms with E-state index in [-0.39, 0.29) is 11.2 Å². The fraction of sp³-hybridized carbons (Fsp3) is 0.348. The summed E-state index contributed by atoms with van der Waals surface area (Å²) in [5.74, 6) is 1.16. The van der Waals surface area contributed by atoms with E-state index < -0.39 is 0 Å². The first-order valence-corrected chi connectivity index (χ1v) is 10.8. The Morgan fingerprint density at radius 2 is 1.79 bits per heavy atom. The molecule has 2 unspecified atom stereocenters. The smallest absolute Gasteiger partial charge is 0.237 e. The Morgan fingerprint density at radius 1 is 1.10 bits per heavy atom. The van der Waals surface area contributed by atoms with Gasteiger partial charge in [-0.1, -0.05) is 68.1 Å². The van der Waals surface area contributed by atoms with Crippen LogP contribution in [0.4, 0.5) is 5.69 Å². The van der Waals surface area contributed by atoms with Crippen LogP contribution in [-0.4, -0.2) is 25.9 Å². The van der Waals surface area contributed by atoms with Gasteiger partial charge in [-0.05, 0) is 43.4 Å². The van der Waals surface area contributed by atoms with Gasteiger partial charge in [-0.25, -0.2) is 0 Å². The minimum absolute atomic E-state index is 0.0359. The summed E-state index contributed by atoms with van der Waals surface area (Å²) in [6.45, 7) is 8.29. The SMILES string of the molecule is CCC(C)c1ccccc1NC(=O)C(C)Sc1nnc(-c2ccccc2C)n1C. The third-order valence-corrected chi connectivity index (χ3v) is 6.37. The van der Waals surface area contributed by atoms with Crippen LogP contribution in [0.15, 0.2) is 53.7 Å². The summed E-state index contributed by atoms with van der Waals surface area (Å²) in [6.07, 6.45) is 1.03. The maximum Gasteiger partial charge on any atom is 0.237 e. The third-order valence-electron chi connectivity index (χ3n) is 5.23. The van der Waals surface area contributed by atoms with Crippen LogP contribution in [0, 0.1) is 6.92 Å². The Labute approximate surface area is 176 Å². The van der Waals surface area contributed by atoms with Gasteiger partial charge >= 0.3 is 0 Å². The maximum atomic E-state index is 12.8. The van der Waals surface area contributed by atoms with Gasteiger partial charge in [0.2, 0.25) is 5.91 Å². The number of thioether (sulfide) groups is 1. The van der Waals surface area contributed by atoms with Crippen LogP contribution >= 0.6 is 11.8 Å². The van der Waals surface area contributed by atoms with E-state index >= 15 is 0 Å². The molecule has 0 saturated carbocycles. The third kappa shape index (κ3) is 4.70. The van der Waals surface area contributed by atoms with E-state index in [1.165, 1.54) is 17.3 Å². The van der Waals surface area contributed by atoms with Crippen molar-refractivity contribution in [3.63, 3.8) is 0 Å². The quantitative estimate of drug-likeness (QED) is 0.530. The van der Waals surface area contributed by atoms with E-state index in [4.69, 9.17) is 0 Å². The Balaban J connectivity index is 1.74. The van der Waals surface area contributed by atoms with E-state index in [0.29, 0.717) is 5.92 Å². The molecule has 2 atom stereocenters. The number of carbonyl (C=O) groups excluding carboxylic acids is 1. The molecule has 1 aromatic heterocycles. The molecular weight excluding hydrogens is 380 g/mol. The number of rotatable bonds is 7. The van der Waals surface area contributed by atoms with Gasteiger partial charge in [-0.2, -0.15) is 0 Å². The summed E-state index contributed by atoms with van der Waals surface area (Å²) in [7, 11) is 1.94. The Hall–Kier alpha value is -2.60. The predicted octanol–water partition coefficient (Wildman–Crippen LogP) is 5.42. The van der Waals surface area contributed by atoms with Gasteiger partial charge in [0.15, 0.2) is 11.0 Å². The summed E-state index contributed by atoms with van der Waals surface area (Å²) in [5, 5.41) is 12.2. The van der Waals surface area contributed by atoms with Crippen LogP contribution in [0.25, 0.3) is 11.4 Å². The van der Waals surface area contributed by atoms with Crippen molar-refractivity contribution in [1.29, 1.82) is 0 Å². The Morgan fingerprint density at radius 3 is 2.52 bits per heavy atom. The maximum absolute atomic E-state index is 12.8. The average molecular weight is 409 g/mol. The molecule has 3 aromatic rings. The molecule has 3 rings (SSSR count). The highest BCUT2D eigenvalue weighted by molar-refractivity contribution is 8.00. The second kappa shape index (κ2) is 9.27. The van der Waals surface area contributed by atoms with Crippen molar-refractivity contribution < 1.29 is 4.79 Å². The first kappa shape index (κ1) is 21.1. The molecule has 0 aliphatic rings. The van der Waals surface area contributed by atoms with Crippen LogP contribution in [0.3, 0.4) is 0 Å². The van der Waals surface area contributed by atoms with Gasteiger partial charge in [-0.3, -0.25) is 4.79 Å². The summed E-state index contributed by atoms with van der Waals surface area (Å²) < 4.78 is 1.95. The molecule has 2 aromatic carbocycles. The zero-order valence-electron chi connectivity index (χ0n) is 17.6. The Bertz CT molecular complexity index is 998. The minimum Gasteiger partial charge on any atom is -0.325 e. The molecule has 1 N–H and O–H groups in total. The van der Waals surface area contributed by atoms with Gasteiger partial charge in [0.05, 0.1) is 5.25 Å². The topological polar surface area (TPSA) is 59.8 Å². The van der Waals surface area contributed by atoms with Crippen molar-refractivity contribution in [3.05, 3.63) is 59.7 Å². The average Bonchev–Trinajstić information content (AvgIpc) is 3.08. The van der Waals surface area contributed by atoms with Gasteiger partial charge in [0.1, 0.15) is 0 Å². The Kier molecular flexibility index (Phi) is 6.75. The predicted molar refractivity (Wildman–Crippen MR) is 120 cm³/mol. The first-order chi connectivity index (χ1) is 13.9. The molecule has 0 fully saturated rings. The lowest BCUT2D eigenvalue weighted by atomic mass is 9.97. The number of hydrogen-bond acceptors (Lipinski definition) is 4. The summed E-state index contributed by atoms with van der Waals surface area (Å²) >= 11 is 1.42. The normalized spacial score (nSPS) is 13.1. The van der Waals surface area contributed by atoms with Crippen molar-refractivity contribution >= 4 is 23.4 Å². The molecule has 0 radical (unpaired) electrons. The molecule has 0 bridgehead atoms. The van der Waals surface area contributed by atoms with Crippen molar-refractivity contribution in [2.24, 2.45) is 7.05 Å². The number of aryl methyl sites for hydroxylation is 1. The van der Waals surface area contributed by atoms with E-state index in [2.05, 4.69) is 48.4 Å². The molecule has 1 amide bonds. The number of para-hydroxylation sites is 1. The first-order valence-electron chi connectivity index (χ1n) is 9.94. The van der Waals surface area contributed by atoms with E-state index in [1.54, 1.807) is 0 Å². The van der Waals surface area contributed by atoms with E-state index in [0.717, 1.165) is 34.2 Å². The zero-order chi connectivity index (χ0) is 21.0. The van der Waals surface area contributed by atoms with Crippen molar-refractivity contribution in [1.82, 2.24) is 14.8 Å². The van der Waals surface area contributed by atoms with Gasteiger partial charge < -0.3 is 9.88 Å².